The fourth-order valence-electron chi connectivity index (χ4n) is 1.06. The predicted octanol–water partition coefficient (Wildman–Crippen LogP) is 1.31. The smallest absolute Gasteiger partial charge is 0.343 e. The number of methoxy groups -OCH3 is 1. The van der Waals surface area contributed by atoms with Crippen molar-refractivity contribution in [3.8, 4) is 5.88 Å². The molecule has 0 amide bonds. The number of nitrogens with two attached hydrogens (primary N) is 1. The number of alkyl halides is 2. The monoisotopic (exact) mass is 218 g/mol. The van der Waals surface area contributed by atoms with Crippen LogP contribution in [0.2, 0.25) is 0 Å². The number of ether oxygens (including phenoxy) is 1. The number of anilines is 1. The molecule has 0 aliphatic heterocycles. The third kappa shape index (κ3) is 1.95. The van der Waals surface area contributed by atoms with E-state index in [-0.39, 0.29) is 5.88 Å². The van der Waals surface area contributed by atoms with Crippen molar-refractivity contribution in [1.82, 2.24) is 4.98 Å². The first-order valence-electron chi connectivity index (χ1n) is 3.82. The number of hydrogen-bond donors (Lipinski definition) is 2. The standard InChI is InChI=1S/C8H8F2N2O3/c1-15-7-4(8(13)14)5(11)3(2-12-7)6(9)10/h2,6H,1H3,(H2,11,12)(H,13,14). The van der Waals surface area contributed by atoms with Crippen LogP contribution in [0.5, 0.6) is 5.88 Å². The van der Waals surface area contributed by atoms with E-state index in [1.165, 1.54) is 7.11 Å². The second-order valence-electron chi connectivity index (χ2n) is 2.62. The highest BCUT2D eigenvalue weighted by Crippen LogP contribution is 2.31. The van der Waals surface area contributed by atoms with Gasteiger partial charge in [0.05, 0.1) is 18.4 Å². The maximum absolute atomic E-state index is 12.4. The van der Waals surface area contributed by atoms with Crippen molar-refractivity contribution in [3.05, 3.63) is 17.3 Å². The third-order valence-corrected chi connectivity index (χ3v) is 1.76. The van der Waals surface area contributed by atoms with Gasteiger partial charge in [0.25, 0.3) is 6.43 Å². The van der Waals surface area contributed by atoms with Crippen LogP contribution in [0.3, 0.4) is 0 Å². The lowest BCUT2D eigenvalue weighted by Gasteiger charge is -2.10. The maximum atomic E-state index is 12.4. The van der Waals surface area contributed by atoms with E-state index in [0.29, 0.717) is 0 Å². The summed E-state index contributed by atoms with van der Waals surface area (Å²) in [6, 6.07) is 0. The topological polar surface area (TPSA) is 85.4 Å². The van der Waals surface area contributed by atoms with E-state index >= 15 is 0 Å². The number of carboxylic acids is 1. The molecule has 3 N–H and O–H groups in total. The van der Waals surface area contributed by atoms with Crippen molar-refractivity contribution in [2.45, 2.75) is 6.43 Å². The molecule has 0 aliphatic rings. The van der Waals surface area contributed by atoms with E-state index in [4.69, 9.17) is 10.8 Å². The van der Waals surface area contributed by atoms with Crippen LogP contribution < -0.4 is 10.5 Å². The SMILES string of the molecule is COc1ncc(C(F)F)c(N)c1C(=O)O. The fraction of sp³-hybridized carbons (Fsp3) is 0.250. The predicted molar refractivity (Wildman–Crippen MR) is 47.1 cm³/mol. The molecule has 1 aromatic heterocycles. The van der Waals surface area contributed by atoms with Gasteiger partial charge in [-0.2, -0.15) is 0 Å². The molecule has 0 spiro atoms. The number of nitrogen functional groups attached to an aromatic ring is 1. The van der Waals surface area contributed by atoms with E-state index in [1.54, 1.807) is 0 Å². The zero-order chi connectivity index (χ0) is 11.6. The minimum Gasteiger partial charge on any atom is -0.480 e. The van der Waals surface area contributed by atoms with Crippen LogP contribution in [0.4, 0.5) is 14.5 Å². The van der Waals surface area contributed by atoms with Gasteiger partial charge in [-0.25, -0.2) is 18.6 Å². The minimum atomic E-state index is -2.87. The van der Waals surface area contributed by atoms with Crippen molar-refractivity contribution < 1.29 is 23.4 Å². The average Bonchev–Trinajstić information content (AvgIpc) is 2.15. The molecule has 0 unspecified atom stereocenters. The van der Waals surface area contributed by atoms with Gasteiger partial charge in [-0.05, 0) is 0 Å². The molecule has 82 valence electrons. The van der Waals surface area contributed by atoms with Gasteiger partial charge in [0.2, 0.25) is 5.88 Å². The Hall–Kier alpha value is -1.92. The Morgan fingerprint density at radius 3 is 2.67 bits per heavy atom. The Morgan fingerprint density at radius 1 is 1.67 bits per heavy atom. The summed E-state index contributed by atoms with van der Waals surface area (Å²) in [4.78, 5) is 14.2. The number of rotatable bonds is 3. The molecule has 1 rings (SSSR count). The number of pyridine rings is 1. The molecule has 5 nitrogen and oxygen atoms in total. The summed E-state index contributed by atoms with van der Waals surface area (Å²) in [6.07, 6.45) is -2.08. The van der Waals surface area contributed by atoms with Gasteiger partial charge in [0.1, 0.15) is 5.56 Å². The Bertz CT molecular complexity index is 396. The second kappa shape index (κ2) is 4.07. The van der Waals surface area contributed by atoms with Gasteiger partial charge < -0.3 is 15.6 Å². The van der Waals surface area contributed by atoms with Crippen molar-refractivity contribution in [1.29, 1.82) is 0 Å². The lowest BCUT2D eigenvalue weighted by molar-refractivity contribution is 0.0693. The highest BCUT2D eigenvalue weighted by atomic mass is 19.3. The molecule has 0 saturated carbocycles. The molecule has 0 bridgehead atoms. The molecule has 1 heterocycles. The molecule has 0 radical (unpaired) electrons. The molecular weight excluding hydrogens is 210 g/mol. The van der Waals surface area contributed by atoms with E-state index in [9.17, 15) is 13.6 Å². The van der Waals surface area contributed by atoms with E-state index in [1.807, 2.05) is 0 Å². The van der Waals surface area contributed by atoms with Crippen molar-refractivity contribution in [3.63, 3.8) is 0 Å². The first kappa shape index (κ1) is 11.2. The van der Waals surface area contributed by atoms with Crippen LogP contribution in [-0.4, -0.2) is 23.2 Å². The second-order valence-corrected chi connectivity index (χ2v) is 2.62. The maximum Gasteiger partial charge on any atom is 0.343 e. The minimum absolute atomic E-state index is 0.288. The first-order valence-corrected chi connectivity index (χ1v) is 3.82. The summed E-state index contributed by atoms with van der Waals surface area (Å²) < 4.78 is 29.3. The number of halogens is 2. The summed E-state index contributed by atoms with van der Waals surface area (Å²) >= 11 is 0. The lowest BCUT2D eigenvalue weighted by atomic mass is 10.1. The van der Waals surface area contributed by atoms with Gasteiger partial charge in [-0.15, -0.1) is 0 Å². The molecule has 0 aromatic carbocycles. The fourth-order valence-corrected chi connectivity index (χ4v) is 1.06. The van der Waals surface area contributed by atoms with Crippen molar-refractivity contribution in [2.24, 2.45) is 0 Å². The highest BCUT2D eigenvalue weighted by molar-refractivity contribution is 5.96. The Kier molecular flexibility index (Phi) is 3.03. The van der Waals surface area contributed by atoms with Crippen LogP contribution >= 0.6 is 0 Å². The summed E-state index contributed by atoms with van der Waals surface area (Å²) in [6.45, 7) is 0. The molecule has 0 atom stereocenters. The third-order valence-electron chi connectivity index (χ3n) is 1.76. The Balaban J connectivity index is 3.42. The average molecular weight is 218 g/mol. The van der Waals surface area contributed by atoms with Gasteiger partial charge >= 0.3 is 5.97 Å². The van der Waals surface area contributed by atoms with Gasteiger partial charge in [-0.3, -0.25) is 0 Å². The summed E-state index contributed by atoms with van der Waals surface area (Å²) in [5.41, 5.74) is 3.59. The molecular formula is C8H8F2N2O3. The van der Waals surface area contributed by atoms with Crippen LogP contribution in [0, 0.1) is 0 Å². The quantitative estimate of drug-likeness (QED) is 0.798. The zero-order valence-corrected chi connectivity index (χ0v) is 7.70. The molecule has 7 heteroatoms. The largest absolute Gasteiger partial charge is 0.480 e. The van der Waals surface area contributed by atoms with Crippen LogP contribution in [0.1, 0.15) is 22.3 Å². The number of aromatic nitrogens is 1. The molecule has 0 fully saturated rings. The highest BCUT2D eigenvalue weighted by Gasteiger charge is 2.23. The Labute approximate surface area is 83.5 Å². The number of hydrogen-bond acceptors (Lipinski definition) is 4. The lowest BCUT2D eigenvalue weighted by Crippen LogP contribution is -2.09. The summed E-state index contributed by atoms with van der Waals surface area (Å²) in [5, 5.41) is 8.74. The number of carboxylic acid groups (broad SMARTS) is 1. The van der Waals surface area contributed by atoms with Crippen molar-refractivity contribution >= 4 is 11.7 Å². The normalized spacial score (nSPS) is 10.4. The van der Waals surface area contributed by atoms with E-state index in [0.717, 1.165) is 6.20 Å². The molecule has 1 aromatic rings. The van der Waals surface area contributed by atoms with Crippen LogP contribution in [0.25, 0.3) is 0 Å². The van der Waals surface area contributed by atoms with Crippen molar-refractivity contribution in [2.75, 3.05) is 12.8 Å². The summed E-state index contributed by atoms with van der Waals surface area (Å²) in [7, 11) is 1.18. The number of carbonyl (C=O) groups is 1. The van der Waals surface area contributed by atoms with E-state index < -0.39 is 29.2 Å². The van der Waals surface area contributed by atoms with Gasteiger partial charge in [0, 0.05) is 6.20 Å². The molecule has 0 aliphatic carbocycles. The van der Waals surface area contributed by atoms with Crippen LogP contribution in [-0.2, 0) is 0 Å². The summed E-state index contributed by atoms with van der Waals surface area (Å²) in [5.74, 6) is -1.75. The first-order chi connectivity index (χ1) is 6.99. The number of aromatic carboxylic acids is 1. The van der Waals surface area contributed by atoms with E-state index in [2.05, 4.69) is 9.72 Å². The number of nitrogens with zero attached hydrogens (tertiary/aromatic N) is 1. The van der Waals surface area contributed by atoms with Gasteiger partial charge in [0.15, 0.2) is 0 Å². The van der Waals surface area contributed by atoms with Crippen LogP contribution in [0.15, 0.2) is 6.20 Å². The zero-order valence-electron chi connectivity index (χ0n) is 7.70. The van der Waals surface area contributed by atoms with Gasteiger partial charge in [-0.1, -0.05) is 0 Å². The molecule has 0 saturated heterocycles. The Morgan fingerprint density at radius 2 is 2.27 bits per heavy atom. The molecule has 15 heavy (non-hydrogen) atoms.